The van der Waals surface area contributed by atoms with Crippen LogP contribution in [0.2, 0.25) is 0 Å². The Kier molecular flexibility index (Phi) is 7.33. The van der Waals surface area contributed by atoms with Crippen LogP contribution in [0.4, 0.5) is 0 Å². The number of carbonyl (C=O) groups is 1. The summed E-state index contributed by atoms with van der Waals surface area (Å²) in [5, 5.41) is 30.2. The Morgan fingerprint density at radius 2 is 1.94 bits per heavy atom. The lowest BCUT2D eigenvalue weighted by atomic mass is 9.91. The maximum atomic E-state index is 13.3. The molecular formula is C26H26N4O6. The predicted octanol–water partition coefficient (Wildman–Crippen LogP) is 3.11. The van der Waals surface area contributed by atoms with E-state index in [4.69, 9.17) is 9.15 Å². The van der Waals surface area contributed by atoms with Gasteiger partial charge in [-0.1, -0.05) is 36.4 Å². The third-order valence-electron chi connectivity index (χ3n) is 5.77. The van der Waals surface area contributed by atoms with Gasteiger partial charge in [0.05, 0.1) is 19.1 Å². The van der Waals surface area contributed by atoms with E-state index in [1.165, 1.54) is 31.6 Å². The van der Waals surface area contributed by atoms with Crippen molar-refractivity contribution in [1.29, 1.82) is 0 Å². The first-order valence-corrected chi connectivity index (χ1v) is 11.2. The lowest BCUT2D eigenvalue weighted by molar-refractivity contribution is -0.122. The Hall–Kier alpha value is -4.60. The fraction of sp³-hybridized carbons (Fsp3) is 0.231. The number of aryl methyl sites for hydroxylation is 1. The van der Waals surface area contributed by atoms with Crippen LogP contribution in [0.3, 0.4) is 0 Å². The van der Waals surface area contributed by atoms with E-state index < -0.39 is 23.1 Å². The Morgan fingerprint density at radius 1 is 1.17 bits per heavy atom. The number of aromatic nitrogens is 3. The van der Waals surface area contributed by atoms with Gasteiger partial charge in [-0.2, -0.15) is 5.10 Å². The number of phenols is 1. The second-order valence-corrected chi connectivity index (χ2v) is 8.30. The number of methoxy groups -OCH3 is 1. The largest absolute Gasteiger partial charge is 0.504 e. The topological polar surface area (TPSA) is 151 Å². The van der Waals surface area contributed by atoms with E-state index in [-0.39, 0.29) is 35.3 Å². The highest BCUT2D eigenvalue weighted by atomic mass is 16.5. The van der Waals surface area contributed by atoms with Gasteiger partial charge in [-0.15, -0.1) is 0 Å². The lowest BCUT2D eigenvalue weighted by Gasteiger charge is -2.21. The first kappa shape index (κ1) is 24.5. The third-order valence-corrected chi connectivity index (χ3v) is 5.77. The van der Waals surface area contributed by atoms with Crippen molar-refractivity contribution in [3.63, 3.8) is 0 Å². The molecule has 0 bridgehead atoms. The van der Waals surface area contributed by atoms with Crippen molar-refractivity contribution in [3.8, 4) is 17.2 Å². The number of hydrogen-bond donors (Lipinski definition) is 4. The zero-order valence-corrected chi connectivity index (χ0v) is 19.8. The van der Waals surface area contributed by atoms with Gasteiger partial charge in [-0.25, -0.2) is 4.98 Å². The number of amides is 1. The fourth-order valence-electron chi connectivity index (χ4n) is 4.02. The van der Waals surface area contributed by atoms with Crippen molar-refractivity contribution in [2.45, 2.75) is 31.7 Å². The van der Waals surface area contributed by atoms with Gasteiger partial charge in [-0.3, -0.25) is 14.7 Å². The molecule has 10 heteroatoms. The molecule has 0 radical (unpaired) electrons. The number of aromatic amines is 1. The highest BCUT2D eigenvalue weighted by molar-refractivity contribution is 5.78. The summed E-state index contributed by atoms with van der Waals surface area (Å²) in [5.41, 5.74) is 0.873. The summed E-state index contributed by atoms with van der Waals surface area (Å²) >= 11 is 0. The van der Waals surface area contributed by atoms with Crippen LogP contribution in [0.25, 0.3) is 0 Å². The van der Waals surface area contributed by atoms with Crippen molar-refractivity contribution in [2.75, 3.05) is 7.11 Å². The monoisotopic (exact) mass is 490 g/mol. The molecule has 0 spiro atoms. The van der Waals surface area contributed by atoms with Gasteiger partial charge in [0.15, 0.2) is 17.3 Å². The molecule has 0 aliphatic rings. The first-order chi connectivity index (χ1) is 17.4. The highest BCUT2D eigenvalue weighted by Gasteiger charge is 2.28. The number of ether oxygens (including phenoxy) is 1. The van der Waals surface area contributed by atoms with Crippen molar-refractivity contribution in [3.05, 3.63) is 99.6 Å². The second-order valence-electron chi connectivity index (χ2n) is 8.30. The van der Waals surface area contributed by atoms with E-state index >= 15 is 0 Å². The standard InChI is InChI=1S/C26H26N4O6/c1-15-10-21(32)24(34)25(36-15)18(17-8-9-20(31)22(12-17)35-2)13-23(33)29-19(26-27-14-28-30-26)11-16-6-4-3-5-7-16/h3-10,12,14,18-19,31,34H,11,13H2,1-2H3,(H,29,33)(H,27,28,30)/t18-,19+/m1/s1. The molecule has 0 fully saturated rings. The van der Waals surface area contributed by atoms with Crippen LogP contribution in [0.15, 0.2) is 70.1 Å². The number of nitrogens with zero attached hydrogens (tertiary/aromatic N) is 2. The lowest BCUT2D eigenvalue weighted by Crippen LogP contribution is -2.32. The van der Waals surface area contributed by atoms with Crippen molar-refractivity contribution >= 4 is 5.91 Å². The quantitative estimate of drug-likeness (QED) is 0.279. The van der Waals surface area contributed by atoms with E-state index in [0.29, 0.717) is 17.8 Å². The van der Waals surface area contributed by atoms with Gasteiger partial charge >= 0.3 is 0 Å². The van der Waals surface area contributed by atoms with Crippen molar-refractivity contribution in [1.82, 2.24) is 20.5 Å². The number of carbonyl (C=O) groups excluding carboxylic acids is 1. The predicted molar refractivity (Wildman–Crippen MR) is 130 cm³/mol. The van der Waals surface area contributed by atoms with E-state index in [2.05, 4.69) is 20.5 Å². The molecule has 0 saturated heterocycles. The highest BCUT2D eigenvalue weighted by Crippen LogP contribution is 2.37. The summed E-state index contributed by atoms with van der Waals surface area (Å²) in [6, 6.07) is 14.8. The van der Waals surface area contributed by atoms with Crippen LogP contribution in [-0.2, 0) is 11.2 Å². The van der Waals surface area contributed by atoms with E-state index in [1.54, 1.807) is 13.0 Å². The molecule has 4 N–H and O–H groups in total. The Balaban J connectivity index is 1.67. The molecule has 0 aliphatic heterocycles. The Morgan fingerprint density at radius 3 is 2.64 bits per heavy atom. The summed E-state index contributed by atoms with van der Waals surface area (Å²) in [6.45, 7) is 1.58. The van der Waals surface area contributed by atoms with Crippen molar-refractivity contribution in [2.24, 2.45) is 0 Å². The van der Waals surface area contributed by atoms with E-state index in [9.17, 15) is 19.8 Å². The first-order valence-electron chi connectivity index (χ1n) is 11.2. The molecule has 4 rings (SSSR count). The maximum absolute atomic E-state index is 13.3. The minimum absolute atomic E-state index is 0.0535. The molecule has 1 amide bonds. The van der Waals surface area contributed by atoms with Crippen LogP contribution < -0.4 is 15.5 Å². The van der Waals surface area contributed by atoms with Gasteiger partial charge < -0.3 is 24.7 Å². The smallest absolute Gasteiger partial charge is 0.227 e. The van der Waals surface area contributed by atoms with Crippen LogP contribution in [0.1, 0.15) is 46.9 Å². The molecule has 186 valence electrons. The third kappa shape index (κ3) is 5.54. The molecule has 2 aromatic heterocycles. The number of nitrogens with one attached hydrogen (secondary N) is 2. The number of benzene rings is 2. The maximum Gasteiger partial charge on any atom is 0.227 e. The molecule has 0 aliphatic carbocycles. The van der Waals surface area contributed by atoms with Gasteiger partial charge in [0.25, 0.3) is 0 Å². The SMILES string of the molecule is COc1cc([C@@H](CC(=O)N[C@@H](Cc2ccccc2)c2ncn[nH]2)c2oc(C)cc(=O)c2O)ccc1O. The minimum atomic E-state index is -0.848. The molecule has 36 heavy (non-hydrogen) atoms. The number of rotatable bonds is 9. The van der Waals surface area contributed by atoms with Gasteiger partial charge in [0.1, 0.15) is 17.9 Å². The Bertz CT molecular complexity index is 1390. The van der Waals surface area contributed by atoms with E-state index in [0.717, 1.165) is 5.56 Å². The number of H-pyrrole nitrogens is 1. The van der Waals surface area contributed by atoms with Gasteiger partial charge in [0.2, 0.25) is 17.1 Å². The van der Waals surface area contributed by atoms with Crippen LogP contribution in [-0.4, -0.2) is 38.4 Å². The molecule has 4 aromatic rings. The second kappa shape index (κ2) is 10.8. The number of phenolic OH excluding ortho intramolecular Hbond substituents is 1. The zero-order valence-electron chi connectivity index (χ0n) is 19.8. The molecule has 2 atom stereocenters. The minimum Gasteiger partial charge on any atom is -0.504 e. The summed E-state index contributed by atoms with van der Waals surface area (Å²) in [7, 11) is 1.40. The summed E-state index contributed by atoms with van der Waals surface area (Å²) in [6.07, 6.45) is 1.65. The van der Waals surface area contributed by atoms with Crippen molar-refractivity contribution < 1.29 is 24.2 Å². The molecule has 0 unspecified atom stereocenters. The normalized spacial score (nSPS) is 12.6. The van der Waals surface area contributed by atoms with E-state index in [1.807, 2.05) is 30.3 Å². The van der Waals surface area contributed by atoms with Crippen LogP contribution >= 0.6 is 0 Å². The summed E-state index contributed by atoms with van der Waals surface area (Å²) < 4.78 is 10.9. The summed E-state index contributed by atoms with van der Waals surface area (Å²) in [4.78, 5) is 29.8. The molecule has 2 heterocycles. The average molecular weight is 491 g/mol. The molecular weight excluding hydrogens is 464 g/mol. The number of aromatic hydroxyl groups is 2. The fourth-order valence-corrected chi connectivity index (χ4v) is 4.02. The molecule has 10 nitrogen and oxygen atoms in total. The number of hydrogen-bond acceptors (Lipinski definition) is 8. The van der Waals surface area contributed by atoms with Gasteiger partial charge in [-0.05, 0) is 36.6 Å². The summed E-state index contributed by atoms with van der Waals surface area (Å²) in [5.74, 6) is -1.01. The zero-order chi connectivity index (χ0) is 25.7. The average Bonchev–Trinajstić information content (AvgIpc) is 3.41. The van der Waals surface area contributed by atoms with Crippen LogP contribution in [0, 0.1) is 6.92 Å². The Labute approximate surface area is 206 Å². The van der Waals surface area contributed by atoms with Crippen LogP contribution in [0.5, 0.6) is 17.2 Å². The molecule has 2 aromatic carbocycles. The molecule has 0 saturated carbocycles. The van der Waals surface area contributed by atoms with Gasteiger partial charge in [0, 0.05) is 12.5 Å².